The summed E-state index contributed by atoms with van der Waals surface area (Å²) in [6.07, 6.45) is 5.57. The minimum absolute atomic E-state index is 0.247. The monoisotopic (exact) mass is 743 g/mol. The molecule has 1 unspecified atom stereocenters. The van der Waals surface area contributed by atoms with E-state index in [1.807, 2.05) is 0 Å². The maximum absolute atomic E-state index is 7.17. The van der Waals surface area contributed by atoms with Crippen molar-refractivity contribution in [2.45, 2.75) is 18.8 Å². The molecular weight excluding hydrogens is 703 g/mol. The Morgan fingerprint density at radius 1 is 0.500 bits per heavy atom. The van der Waals surface area contributed by atoms with E-state index >= 15 is 0 Å². The van der Waals surface area contributed by atoms with Gasteiger partial charge >= 0.3 is 0 Å². The Bertz CT molecular complexity index is 2980. The fourth-order valence-corrected chi connectivity index (χ4v) is 9.88. The number of rotatable bonds is 7. The van der Waals surface area contributed by atoms with E-state index < -0.39 is 5.41 Å². The molecule has 9 aromatic rings. The molecule has 0 fully saturated rings. The highest BCUT2D eigenvalue weighted by atomic mass is 16.3. The van der Waals surface area contributed by atoms with Gasteiger partial charge in [-0.2, -0.15) is 0 Å². The Kier molecular flexibility index (Phi) is 8.11. The number of nitrogens with zero attached hydrogens (tertiary/aromatic N) is 1. The van der Waals surface area contributed by atoms with Gasteiger partial charge in [-0.3, -0.25) is 0 Å². The zero-order valence-corrected chi connectivity index (χ0v) is 32.3. The zero-order valence-electron chi connectivity index (χ0n) is 32.3. The lowest BCUT2D eigenvalue weighted by molar-refractivity contribution is 0.659. The number of hydrogen-bond donors (Lipinski definition) is 0. The van der Waals surface area contributed by atoms with Gasteiger partial charge in [0.2, 0.25) is 0 Å². The molecule has 1 atom stereocenters. The number of allylic oxidation sites excluding steroid dienone is 4. The molecule has 0 saturated heterocycles. The summed E-state index contributed by atoms with van der Waals surface area (Å²) >= 11 is 0. The van der Waals surface area contributed by atoms with Gasteiger partial charge in [-0.15, -0.1) is 0 Å². The van der Waals surface area contributed by atoms with Crippen molar-refractivity contribution < 1.29 is 4.42 Å². The molecule has 11 rings (SSSR count). The van der Waals surface area contributed by atoms with E-state index in [1.165, 1.54) is 61.3 Å². The number of furan rings is 1. The van der Waals surface area contributed by atoms with E-state index in [0.717, 1.165) is 39.7 Å². The molecule has 2 aliphatic rings. The summed E-state index contributed by atoms with van der Waals surface area (Å²) in [5, 5.41) is 2.25. The maximum Gasteiger partial charge on any atom is 0.159 e. The average Bonchev–Trinajstić information content (AvgIpc) is 3.83. The van der Waals surface area contributed by atoms with Crippen LogP contribution in [0.1, 0.15) is 41.2 Å². The molecule has 0 radical (unpaired) electrons. The Labute approximate surface area is 339 Å². The number of anilines is 2. The van der Waals surface area contributed by atoms with Crippen molar-refractivity contribution in [3.05, 3.63) is 246 Å². The first-order chi connectivity index (χ1) is 28.7. The fraction of sp³-hybridized carbons (Fsp3) is 0.0714. The van der Waals surface area contributed by atoms with Crippen LogP contribution in [0, 0.1) is 5.92 Å². The summed E-state index contributed by atoms with van der Waals surface area (Å²) < 4.78 is 7.17. The highest BCUT2D eigenvalue weighted by molar-refractivity contribution is 6.12. The first kappa shape index (κ1) is 34.1. The van der Waals surface area contributed by atoms with Crippen LogP contribution in [0.4, 0.5) is 11.4 Å². The molecule has 0 N–H and O–H groups in total. The average molecular weight is 744 g/mol. The lowest BCUT2D eigenvalue weighted by Gasteiger charge is -2.34. The summed E-state index contributed by atoms with van der Waals surface area (Å²) in [6, 6.07) is 72.7. The Morgan fingerprint density at radius 2 is 1.07 bits per heavy atom. The number of para-hydroxylation sites is 1. The van der Waals surface area contributed by atoms with E-state index in [-0.39, 0.29) is 5.92 Å². The molecule has 58 heavy (non-hydrogen) atoms. The molecule has 2 nitrogen and oxygen atoms in total. The molecule has 0 saturated carbocycles. The third kappa shape index (κ3) is 5.26. The van der Waals surface area contributed by atoms with E-state index in [1.54, 1.807) is 0 Å². The SMILES string of the molecule is CC1CC(c2ccccc2)=CC=C1N(c1ccc(-c2ccccc2)cc1)c1cccc2c1oc1cccc(C3(c4ccccc4)c4ccccc4-c4ccccc43)c12. The van der Waals surface area contributed by atoms with Crippen molar-refractivity contribution in [1.29, 1.82) is 0 Å². The largest absolute Gasteiger partial charge is 0.454 e. The van der Waals surface area contributed by atoms with Crippen LogP contribution in [0.3, 0.4) is 0 Å². The highest BCUT2D eigenvalue weighted by Crippen LogP contribution is 2.58. The van der Waals surface area contributed by atoms with Gasteiger partial charge in [0.1, 0.15) is 5.58 Å². The summed E-state index contributed by atoms with van der Waals surface area (Å²) in [5.41, 5.74) is 17.2. The Balaban J connectivity index is 1.16. The van der Waals surface area contributed by atoms with Gasteiger partial charge in [0.25, 0.3) is 0 Å². The molecular formula is C56H41NO. The van der Waals surface area contributed by atoms with Gasteiger partial charge in [0, 0.05) is 28.1 Å². The van der Waals surface area contributed by atoms with Crippen LogP contribution >= 0.6 is 0 Å². The summed E-state index contributed by atoms with van der Waals surface area (Å²) in [4.78, 5) is 2.44. The lowest BCUT2D eigenvalue weighted by Crippen LogP contribution is -2.28. The lowest BCUT2D eigenvalue weighted by atomic mass is 9.66. The molecule has 1 heterocycles. The molecule has 0 bridgehead atoms. The van der Waals surface area contributed by atoms with Gasteiger partial charge < -0.3 is 9.32 Å². The third-order valence-electron chi connectivity index (χ3n) is 12.4. The van der Waals surface area contributed by atoms with E-state index in [2.05, 4.69) is 224 Å². The van der Waals surface area contributed by atoms with Gasteiger partial charge in [-0.05, 0) is 92.4 Å². The van der Waals surface area contributed by atoms with Crippen LogP contribution in [0.5, 0.6) is 0 Å². The number of benzene rings is 8. The molecule has 8 aromatic carbocycles. The van der Waals surface area contributed by atoms with Crippen molar-refractivity contribution >= 4 is 38.9 Å². The van der Waals surface area contributed by atoms with Crippen LogP contribution in [0.2, 0.25) is 0 Å². The van der Waals surface area contributed by atoms with Gasteiger partial charge in [0.15, 0.2) is 5.58 Å². The Morgan fingerprint density at radius 3 is 1.74 bits per heavy atom. The molecule has 2 heteroatoms. The number of fused-ring (bicyclic) bond motifs is 6. The van der Waals surface area contributed by atoms with Gasteiger partial charge in [-0.25, -0.2) is 0 Å². The minimum atomic E-state index is -0.549. The second-order valence-corrected chi connectivity index (χ2v) is 15.6. The fourth-order valence-electron chi connectivity index (χ4n) is 9.88. The van der Waals surface area contributed by atoms with Crippen molar-refractivity contribution in [2.24, 2.45) is 5.92 Å². The first-order valence-corrected chi connectivity index (χ1v) is 20.3. The summed E-state index contributed by atoms with van der Waals surface area (Å²) in [5.74, 6) is 0.247. The third-order valence-corrected chi connectivity index (χ3v) is 12.4. The molecule has 0 aliphatic heterocycles. The molecule has 0 amide bonds. The van der Waals surface area contributed by atoms with Crippen LogP contribution < -0.4 is 4.90 Å². The van der Waals surface area contributed by atoms with Crippen molar-refractivity contribution in [3.63, 3.8) is 0 Å². The maximum atomic E-state index is 7.17. The quantitative estimate of drug-likeness (QED) is 0.162. The minimum Gasteiger partial charge on any atom is -0.454 e. The predicted octanol–water partition coefficient (Wildman–Crippen LogP) is 14.8. The van der Waals surface area contributed by atoms with Crippen LogP contribution in [0.15, 0.2) is 222 Å². The topological polar surface area (TPSA) is 16.4 Å². The standard InChI is InChI=1S/C56H41NO/c1-38-37-42(40-19-7-3-8-20-40)33-36-51(38)57(44-34-31-41(32-35-44)39-17-5-2-6-18-39)52-29-15-25-47-54-50(28-16-30-53(54)58-55(47)52)56(43-21-9-4-10-22-43)48-26-13-11-23-45(48)46-24-12-14-27-49(46)56/h2-36,38H,37H2,1H3. The predicted molar refractivity (Wildman–Crippen MR) is 241 cm³/mol. The van der Waals surface area contributed by atoms with Crippen molar-refractivity contribution in [2.75, 3.05) is 4.90 Å². The highest BCUT2D eigenvalue weighted by Gasteiger charge is 2.47. The van der Waals surface area contributed by atoms with Crippen LogP contribution in [-0.2, 0) is 5.41 Å². The van der Waals surface area contributed by atoms with E-state index in [9.17, 15) is 0 Å². The van der Waals surface area contributed by atoms with Crippen LogP contribution in [0.25, 0.3) is 49.8 Å². The van der Waals surface area contributed by atoms with E-state index in [0.29, 0.717) is 0 Å². The normalized spacial score (nSPS) is 15.4. The molecule has 0 spiro atoms. The second-order valence-electron chi connectivity index (χ2n) is 15.6. The van der Waals surface area contributed by atoms with Crippen molar-refractivity contribution in [1.82, 2.24) is 0 Å². The van der Waals surface area contributed by atoms with Gasteiger partial charge in [0.05, 0.1) is 11.1 Å². The molecule has 2 aliphatic carbocycles. The number of hydrogen-bond acceptors (Lipinski definition) is 2. The summed E-state index contributed by atoms with van der Waals surface area (Å²) in [7, 11) is 0. The second kappa shape index (κ2) is 13.8. The summed E-state index contributed by atoms with van der Waals surface area (Å²) in [6.45, 7) is 2.35. The first-order valence-electron chi connectivity index (χ1n) is 20.3. The van der Waals surface area contributed by atoms with Gasteiger partial charge in [-0.1, -0.05) is 189 Å². The molecule has 1 aromatic heterocycles. The van der Waals surface area contributed by atoms with E-state index in [4.69, 9.17) is 4.42 Å². The molecule has 276 valence electrons. The smallest absolute Gasteiger partial charge is 0.159 e. The van der Waals surface area contributed by atoms with Crippen molar-refractivity contribution in [3.8, 4) is 22.3 Å². The Hall–Kier alpha value is -7.16. The van der Waals surface area contributed by atoms with Crippen LogP contribution in [-0.4, -0.2) is 0 Å². The zero-order chi connectivity index (χ0) is 38.6.